The largest absolute Gasteiger partial charge is 0.496 e. The number of aryl methyl sites for hydroxylation is 1. The fourth-order valence-corrected chi connectivity index (χ4v) is 3.56. The Labute approximate surface area is 96.8 Å². The molecule has 16 heavy (non-hydrogen) atoms. The maximum atomic E-state index is 5.89. The average molecular weight is 217 g/mol. The smallest absolute Gasteiger partial charge is 0.122 e. The van der Waals surface area contributed by atoms with Crippen molar-refractivity contribution in [1.82, 2.24) is 0 Å². The standard InChI is InChI=1S/C14H19NO/c1-16-13-7-4-9-2-5-11-10(8-15)3-6-12(13)14(9)11/h4,7,10-11H,2-3,5-6,8,15H2,1H3. The van der Waals surface area contributed by atoms with E-state index in [0.29, 0.717) is 11.8 Å². The normalized spacial score (nSPS) is 26.6. The second-order valence-electron chi connectivity index (χ2n) is 5.00. The molecule has 0 fully saturated rings. The lowest BCUT2D eigenvalue weighted by atomic mass is 9.76. The Morgan fingerprint density at radius 3 is 2.94 bits per heavy atom. The van der Waals surface area contributed by atoms with E-state index in [4.69, 9.17) is 10.5 Å². The van der Waals surface area contributed by atoms with Gasteiger partial charge in [-0.25, -0.2) is 0 Å². The highest BCUT2D eigenvalue weighted by Gasteiger charge is 2.35. The zero-order valence-corrected chi connectivity index (χ0v) is 9.83. The van der Waals surface area contributed by atoms with Gasteiger partial charge in [-0.3, -0.25) is 0 Å². The fourth-order valence-electron chi connectivity index (χ4n) is 3.56. The van der Waals surface area contributed by atoms with Gasteiger partial charge in [-0.05, 0) is 66.8 Å². The molecule has 3 rings (SSSR count). The molecular weight excluding hydrogens is 198 g/mol. The second-order valence-corrected chi connectivity index (χ2v) is 5.00. The molecule has 86 valence electrons. The third-order valence-electron chi connectivity index (χ3n) is 4.36. The van der Waals surface area contributed by atoms with E-state index in [1.807, 2.05) is 0 Å². The first-order valence-electron chi connectivity index (χ1n) is 6.24. The Hall–Kier alpha value is -1.02. The van der Waals surface area contributed by atoms with Crippen LogP contribution in [0, 0.1) is 5.92 Å². The SMILES string of the molecule is COc1ccc2c3c1CCC(CN)C3CC2. The number of methoxy groups -OCH3 is 1. The van der Waals surface area contributed by atoms with E-state index in [2.05, 4.69) is 12.1 Å². The van der Waals surface area contributed by atoms with Crippen LogP contribution >= 0.6 is 0 Å². The molecule has 2 heteroatoms. The zero-order valence-electron chi connectivity index (χ0n) is 9.83. The monoisotopic (exact) mass is 217 g/mol. The van der Waals surface area contributed by atoms with Gasteiger partial charge in [0.25, 0.3) is 0 Å². The molecule has 0 saturated heterocycles. The first-order valence-corrected chi connectivity index (χ1v) is 6.24. The third kappa shape index (κ3) is 1.29. The molecule has 2 aliphatic carbocycles. The Bertz CT molecular complexity index is 413. The highest BCUT2D eigenvalue weighted by atomic mass is 16.5. The van der Waals surface area contributed by atoms with Crippen LogP contribution in [0.4, 0.5) is 0 Å². The van der Waals surface area contributed by atoms with Gasteiger partial charge in [-0.2, -0.15) is 0 Å². The van der Waals surface area contributed by atoms with Crippen LogP contribution in [-0.2, 0) is 12.8 Å². The molecule has 0 aliphatic heterocycles. The summed E-state index contributed by atoms with van der Waals surface area (Å²) in [6, 6.07) is 4.38. The second kappa shape index (κ2) is 3.77. The van der Waals surface area contributed by atoms with Gasteiger partial charge in [0.05, 0.1) is 7.11 Å². The van der Waals surface area contributed by atoms with Crippen molar-refractivity contribution in [2.45, 2.75) is 31.6 Å². The Balaban J connectivity index is 2.12. The van der Waals surface area contributed by atoms with E-state index in [1.54, 1.807) is 18.2 Å². The molecule has 0 amide bonds. The molecule has 2 unspecified atom stereocenters. The summed E-state index contributed by atoms with van der Waals surface area (Å²) in [5.41, 5.74) is 10.5. The van der Waals surface area contributed by atoms with Gasteiger partial charge >= 0.3 is 0 Å². The quantitative estimate of drug-likeness (QED) is 0.824. The molecule has 0 aromatic heterocycles. The van der Waals surface area contributed by atoms with Crippen molar-refractivity contribution < 1.29 is 4.74 Å². The van der Waals surface area contributed by atoms with Crippen molar-refractivity contribution in [3.05, 3.63) is 28.8 Å². The first kappa shape index (κ1) is 10.2. The highest BCUT2D eigenvalue weighted by molar-refractivity contribution is 5.51. The van der Waals surface area contributed by atoms with Crippen molar-refractivity contribution in [2.24, 2.45) is 11.7 Å². The summed E-state index contributed by atoms with van der Waals surface area (Å²) in [6.07, 6.45) is 4.89. The summed E-state index contributed by atoms with van der Waals surface area (Å²) >= 11 is 0. The first-order chi connectivity index (χ1) is 7.85. The summed E-state index contributed by atoms with van der Waals surface area (Å²) in [4.78, 5) is 0. The van der Waals surface area contributed by atoms with Crippen LogP contribution < -0.4 is 10.5 Å². The minimum atomic E-state index is 0.695. The summed E-state index contributed by atoms with van der Waals surface area (Å²) in [7, 11) is 1.78. The minimum absolute atomic E-state index is 0.695. The van der Waals surface area contributed by atoms with Crippen molar-refractivity contribution >= 4 is 0 Å². The van der Waals surface area contributed by atoms with Gasteiger partial charge in [-0.15, -0.1) is 0 Å². The Morgan fingerprint density at radius 2 is 2.19 bits per heavy atom. The molecule has 2 aliphatic rings. The summed E-state index contributed by atoms with van der Waals surface area (Å²) in [5.74, 6) is 2.49. The molecule has 0 radical (unpaired) electrons. The lowest BCUT2D eigenvalue weighted by molar-refractivity contribution is 0.363. The third-order valence-corrected chi connectivity index (χ3v) is 4.36. The average Bonchev–Trinajstić information content (AvgIpc) is 2.76. The molecular formula is C14H19NO. The van der Waals surface area contributed by atoms with Crippen LogP contribution in [0.25, 0.3) is 0 Å². The molecule has 2 atom stereocenters. The van der Waals surface area contributed by atoms with Gasteiger partial charge in [-0.1, -0.05) is 6.07 Å². The van der Waals surface area contributed by atoms with E-state index in [1.165, 1.54) is 24.8 Å². The van der Waals surface area contributed by atoms with E-state index in [-0.39, 0.29) is 0 Å². The van der Waals surface area contributed by atoms with Gasteiger partial charge in [0.1, 0.15) is 5.75 Å². The maximum Gasteiger partial charge on any atom is 0.122 e. The number of hydrogen-bond donors (Lipinski definition) is 1. The predicted octanol–water partition coefficient (Wildman–Crippen LogP) is 2.25. The molecule has 0 saturated carbocycles. The van der Waals surface area contributed by atoms with Gasteiger partial charge < -0.3 is 10.5 Å². The fraction of sp³-hybridized carbons (Fsp3) is 0.571. The van der Waals surface area contributed by atoms with Crippen LogP contribution in [0.5, 0.6) is 5.75 Å². The summed E-state index contributed by atoms with van der Waals surface area (Å²) in [5, 5.41) is 0. The van der Waals surface area contributed by atoms with Gasteiger partial charge in [0.15, 0.2) is 0 Å². The molecule has 1 aromatic carbocycles. The zero-order chi connectivity index (χ0) is 11.1. The van der Waals surface area contributed by atoms with E-state index >= 15 is 0 Å². The Kier molecular flexibility index (Phi) is 2.40. The van der Waals surface area contributed by atoms with Crippen LogP contribution in [0.3, 0.4) is 0 Å². The minimum Gasteiger partial charge on any atom is -0.496 e. The molecule has 0 bridgehead atoms. The number of ether oxygens (including phenoxy) is 1. The number of rotatable bonds is 2. The molecule has 0 heterocycles. The van der Waals surface area contributed by atoms with Gasteiger partial charge in [0, 0.05) is 0 Å². The number of nitrogens with two attached hydrogens (primary N) is 1. The van der Waals surface area contributed by atoms with Crippen molar-refractivity contribution in [2.75, 3.05) is 13.7 Å². The molecule has 1 aromatic rings. The number of hydrogen-bond acceptors (Lipinski definition) is 2. The summed E-state index contributed by atoms with van der Waals surface area (Å²) < 4.78 is 5.48. The maximum absolute atomic E-state index is 5.89. The van der Waals surface area contributed by atoms with Crippen LogP contribution in [0.1, 0.15) is 35.4 Å². The lowest BCUT2D eigenvalue weighted by Crippen LogP contribution is -2.26. The molecule has 2 nitrogen and oxygen atoms in total. The van der Waals surface area contributed by atoms with Crippen LogP contribution in [0.2, 0.25) is 0 Å². The van der Waals surface area contributed by atoms with Gasteiger partial charge in [0.2, 0.25) is 0 Å². The van der Waals surface area contributed by atoms with Crippen LogP contribution in [0.15, 0.2) is 12.1 Å². The molecule has 2 N–H and O–H groups in total. The van der Waals surface area contributed by atoms with E-state index in [0.717, 1.165) is 18.7 Å². The van der Waals surface area contributed by atoms with Crippen molar-refractivity contribution in [1.29, 1.82) is 0 Å². The van der Waals surface area contributed by atoms with Crippen LogP contribution in [-0.4, -0.2) is 13.7 Å². The van der Waals surface area contributed by atoms with Crippen molar-refractivity contribution in [3.8, 4) is 5.75 Å². The molecule has 0 spiro atoms. The lowest BCUT2D eigenvalue weighted by Gasteiger charge is -2.31. The van der Waals surface area contributed by atoms with E-state index < -0.39 is 0 Å². The predicted molar refractivity (Wildman–Crippen MR) is 64.9 cm³/mol. The topological polar surface area (TPSA) is 35.2 Å². The number of benzene rings is 1. The van der Waals surface area contributed by atoms with Crippen molar-refractivity contribution in [3.63, 3.8) is 0 Å². The highest BCUT2D eigenvalue weighted by Crippen LogP contribution is 2.48. The van der Waals surface area contributed by atoms with E-state index in [9.17, 15) is 0 Å². The summed E-state index contributed by atoms with van der Waals surface area (Å²) in [6.45, 7) is 0.834. The Morgan fingerprint density at radius 1 is 1.31 bits per heavy atom.